The van der Waals surface area contributed by atoms with Crippen LogP contribution in [-0.2, 0) is 14.9 Å². The van der Waals surface area contributed by atoms with Gasteiger partial charge in [-0.25, -0.2) is 4.39 Å². The number of ether oxygens (including phenoxy) is 1. The van der Waals surface area contributed by atoms with Gasteiger partial charge in [0.25, 0.3) is 0 Å². The third kappa shape index (κ3) is 2.76. The minimum absolute atomic E-state index is 0.315. The van der Waals surface area contributed by atoms with Crippen LogP contribution in [0.2, 0.25) is 0 Å². The maximum atomic E-state index is 14.6. The molecule has 2 rings (SSSR count). The fraction of sp³-hybridized carbons (Fsp3) is 0.316. The van der Waals surface area contributed by atoms with Crippen molar-refractivity contribution in [3.63, 3.8) is 0 Å². The lowest BCUT2D eigenvalue weighted by Gasteiger charge is -2.29. The normalized spacial score (nSPS) is 11.3. The Bertz CT molecular complexity index is 646. The summed E-state index contributed by atoms with van der Waals surface area (Å²) in [5.41, 5.74) is 1.24. The Hall–Kier alpha value is -2.16. The zero-order valence-corrected chi connectivity index (χ0v) is 13.2. The lowest BCUT2D eigenvalue weighted by Crippen LogP contribution is -2.35. The van der Waals surface area contributed by atoms with Gasteiger partial charge in [0.2, 0.25) is 0 Å². The monoisotopic (exact) mass is 300 g/mol. The predicted octanol–water partition coefficient (Wildman–Crippen LogP) is 4.72. The third-order valence-corrected chi connectivity index (χ3v) is 4.39. The molecule has 0 radical (unpaired) electrons. The van der Waals surface area contributed by atoms with Crippen molar-refractivity contribution in [1.82, 2.24) is 0 Å². The van der Waals surface area contributed by atoms with E-state index in [2.05, 4.69) is 0 Å². The molecule has 0 saturated heterocycles. The second-order valence-electron chi connectivity index (χ2n) is 5.34. The summed E-state index contributed by atoms with van der Waals surface area (Å²) in [6.07, 6.45) is 1.14. The van der Waals surface area contributed by atoms with Crippen LogP contribution in [0.5, 0.6) is 0 Å². The molecule has 0 bridgehead atoms. The van der Waals surface area contributed by atoms with Crippen LogP contribution in [0.25, 0.3) is 11.1 Å². The molecule has 116 valence electrons. The molecule has 2 nitrogen and oxygen atoms in total. The Morgan fingerprint density at radius 3 is 2.23 bits per heavy atom. The van der Waals surface area contributed by atoms with Crippen molar-refractivity contribution in [2.45, 2.75) is 32.1 Å². The molecule has 0 heterocycles. The highest BCUT2D eigenvalue weighted by Gasteiger charge is 2.38. The van der Waals surface area contributed by atoms with Crippen LogP contribution < -0.4 is 0 Å². The van der Waals surface area contributed by atoms with Crippen LogP contribution in [0.3, 0.4) is 0 Å². The number of rotatable bonds is 5. The molecule has 0 aliphatic heterocycles. The summed E-state index contributed by atoms with van der Waals surface area (Å²) in [4.78, 5) is 12.2. The third-order valence-electron chi connectivity index (χ3n) is 4.39. The summed E-state index contributed by atoms with van der Waals surface area (Å²) in [6.45, 7) is 3.84. The molecule has 0 spiro atoms. The molecule has 0 fully saturated rings. The number of carbonyl (C=O) groups excluding carboxylic acids is 1. The van der Waals surface area contributed by atoms with Crippen molar-refractivity contribution in [3.05, 3.63) is 59.9 Å². The zero-order valence-electron chi connectivity index (χ0n) is 13.2. The number of carbonyl (C=O) groups is 1. The van der Waals surface area contributed by atoms with E-state index in [0.717, 1.165) is 5.56 Å². The van der Waals surface area contributed by atoms with E-state index in [4.69, 9.17) is 4.74 Å². The maximum Gasteiger partial charge on any atom is 0.316 e. The molecule has 3 heteroatoms. The largest absolute Gasteiger partial charge is 0.468 e. The Morgan fingerprint density at radius 1 is 1.09 bits per heavy atom. The second kappa shape index (κ2) is 6.73. The van der Waals surface area contributed by atoms with Gasteiger partial charge in [-0.1, -0.05) is 56.3 Å². The van der Waals surface area contributed by atoms with Gasteiger partial charge in [-0.05, 0) is 30.0 Å². The Labute approximate surface area is 130 Å². The average molecular weight is 300 g/mol. The first-order valence-corrected chi connectivity index (χ1v) is 7.53. The van der Waals surface area contributed by atoms with Crippen molar-refractivity contribution in [2.75, 3.05) is 7.11 Å². The lowest BCUT2D eigenvalue weighted by atomic mass is 9.75. The lowest BCUT2D eigenvalue weighted by molar-refractivity contribution is -0.148. The van der Waals surface area contributed by atoms with Gasteiger partial charge in [-0.15, -0.1) is 0 Å². The van der Waals surface area contributed by atoms with E-state index in [1.807, 2.05) is 50.2 Å². The minimum atomic E-state index is -0.787. The minimum Gasteiger partial charge on any atom is -0.468 e. The summed E-state index contributed by atoms with van der Waals surface area (Å²) in [6, 6.07) is 14.4. The first kappa shape index (κ1) is 16.2. The topological polar surface area (TPSA) is 26.3 Å². The fourth-order valence-corrected chi connectivity index (χ4v) is 2.92. The van der Waals surface area contributed by atoms with E-state index in [-0.39, 0.29) is 11.8 Å². The highest BCUT2D eigenvalue weighted by Crippen LogP contribution is 2.35. The Balaban J connectivity index is 2.50. The van der Waals surface area contributed by atoms with E-state index < -0.39 is 5.41 Å². The summed E-state index contributed by atoms with van der Waals surface area (Å²) >= 11 is 0. The van der Waals surface area contributed by atoms with Crippen LogP contribution in [0.1, 0.15) is 32.3 Å². The van der Waals surface area contributed by atoms with Gasteiger partial charge in [-0.2, -0.15) is 0 Å². The van der Waals surface area contributed by atoms with Crippen LogP contribution in [0, 0.1) is 5.82 Å². The molecule has 0 saturated carbocycles. The van der Waals surface area contributed by atoms with E-state index in [1.165, 1.54) is 13.2 Å². The molecule has 0 N–H and O–H groups in total. The summed E-state index contributed by atoms with van der Waals surface area (Å²) in [5.74, 6) is -0.636. The van der Waals surface area contributed by atoms with Crippen molar-refractivity contribution in [2.24, 2.45) is 0 Å². The maximum absolute atomic E-state index is 14.6. The highest BCUT2D eigenvalue weighted by molar-refractivity contribution is 5.83. The molecule has 22 heavy (non-hydrogen) atoms. The first-order valence-electron chi connectivity index (χ1n) is 7.53. The molecule has 0 unspecified atom stereocenters. The molecule has 2 aromatic rings. The Morgan fingerprint density at radius 2 is 1.73 bits per heavy atom. The van der Waals surface area contributed by atoms with Crippen LogP contribution in [-0.4, -0.2) is 13.1 Å². The SMILES string of the molecule is CCC(CC)(C(=O)OC)c1ccc(-c2ccccc2)c(F)c1. The van der Waals surface area contributed by atoms with Gasteiger partial charge >= 0.3 is 5.97 Å². The number of methoxy groups -OCH3 is 1. The van der Waals surface area contributed by atoms with Gasteiger partial charge < -0.3 is 4.74 Å². The number of esters is 1. The molecule has 0 atom stereocenters. The van der Waals surface area contributed by atoms with Crippen molar-refractivity contribution >= 4 is 5.97 Å². The van der Waals surface area contributed by atoms with E-state index in [1.54, 1.807) is 6.07 Å². The van der Waals surface area contributed by atoms with E-state index in [9.17, 15) is 9.18 Å². The number of benzene rings is 2. The predicted molar refractivity (Wildman–Crippen MR) is 86.1 cm³/mol. The van der Waals surface area contributed by atoms with Crippen molar-refractivity contribution in [3.8, 4) is 11.1 Å². The van der Waals surface area contributed by atoms with Crippen LogP contribution in [0.4, 0.5) is 4.39 Å². The molecule has 2 aromatic carbocycles. The van der Waals surface area contributed by atoms with E-state index in [0.29, 0.717) is 24.0 Å². The molecule has 0 aliphatic carbocycles. The highest BCUT2D eigenvalue weighted by atomic mass is 19.1. The van der Waals surface area contributed by atoms with Gasteiger partial charge in [-0.3, -0.25) is 4.79 Å². The summed E-state index contributed by atoms with van der Waals surface area (Å²) in [7, 11) is 1.37. The molecule has 0 aromatic heterocycles. The second-order valence-corrected chi connectivity index (χ2v) is 5.34. The number of hydrogen-bond donors (Lipinski definition) is 0. The quantitative estimate of drug-likeness (QED) is 0.747. The van der Waals surface area contributed by atoms with E-state index >= 15 is 0 Å². The van der Waals surface area contributed by atoms with Gasteiger partial charge in [0.15, 0.2) is 0 Å². The van der Waals surface area contributed by atoms with Crippen molar-refractivity contribution in [1.29, 1.82) is 0 Å². The van der Waals surface area contributed by atoms with Crippen molar-refractivity contribution < 1.29 is 13.9 Å². The van der Waals surface area contributed by atoms with Gasteiger partial charge in [0.1, 0.15) is 5.82 Å². The van der Waals surface area contributed by atoms with Crippen LogP contribution in [0.15, 0.2) is 48.5 Å². The number of hydrogen-bond acceptors (Lipinski definition) is 2. The molecule has 0 aliphatic rings. The molecule has 0 amide bonds. The first-order chi connectivity index (χ1) is 10.6. The van der Waals surface area contributed by atoms with Crippen LogP contribution >= 0.6 is 0 Å². The molecular weight excluding hydrogens is 279 g/mol. The standard InChI is InChI=1S/C19H21FO2/c1-4-19(5-2,18(21)22-3)15-11-12-16(17(20)13-15)14-9-7-6-8-10-14/h6-13H,4-5H2,1-3H3. The number of halogens is 1. The van der Waals surface area contributed by atoms with Gasteiger partial charge in [0.05, 0.1) is 12.5 Å². The summed E-state index contributed by atoms with van der Waals surface area (Å²) < 4.78 is 19.5. The average Bonchev–Trinajstić information content (AvgIpc) is 2.57. The Kier molecular flexibility index (Phi) is 4.96. The zero-order chi connectivity index (χ0) is 16.2. The smallest absolute Gasteiger partial charge is 0.316 e. The van der Waals surface area contributed by atoms with Gasteiger partial charge in [0, 0.05) is 5.56 Å². The summed E-state index contributed by atoms with van der Waals surface area (Å²) in [5, 5.41) is 0. The molecular formula is C19H21FO2. The fourth-order valence-electron chi connectivity index (χ4n) is 2.92.